The summed E-state index contributed by atoms with van der Waals surface area (Å²) in [6.07, 6.45) is 5.58. The Morgan fingerprint density at radius 3 is 2.93 bits per heavy atom. The van der Waals surface area contributed by atoms with Gasteiger partial charge in [-0.05, 0) is 25.8 Å². The fourth-order valence-electron chi connectivity index (χ4n) is 3.80. The number of aliphatic imine (C=N–C) groups is 1. The van der Waals surface area contributed by atoms with E-state index in [4.69, 9.17) is 4.42 Å². The molecule has 0 radical (unpaired) electrons. The highest BCUT2D eigenvalue weighted by Gasteiger charge is 2.14. The molecule has 1 aliphatic heterocycles. The molecule has 28 heavy (non-hydrogen) atoms. The van der Waals surface area contributed by atoms with E-state index in [1.165, 1.54) is 24.8 Å². The van der Waals surface area contributed by atoms with Crippen LogP contribution in [0.2, 0.25) is 0 Å². The summed E-state index contributed by atoms with van der Waals surface area (Å²) in [5, 5.41) is 16.6. The summed E-state index contributed by atoms with van der Waals surface area (Å²) in [6, 6.07) is 8.12. The monoisotopic (exact) mass is 380 g/mol. The van der Waals surface area contributed by atoms with Crippen LogP contribution in [-0.4, -0.2) is 34.3 Å². The zero-order chi connectivity index (χ0) is 19.3. The van der Waals surface area contributed by atoms with Crippen molar-refractivity contribution in [3.63, 3.8) is 0 Å². The lowest BCUT2D eigenvalue weighted by atomic mass is 10.1. The number of guanidine groups is 1. The molecule has 0 amide bonds. The minimum atomic E-state index is 0.598. The quantitative estimate of drug-likeness (QED) is 0.525. The van der Waals surface area contributed by atoms with Gasteiger partial charge in [0.2, 0.25) is 0 Å². The molecule has 3 heterocycles. The van der Waals surface area contributed by atoms with E-state index in [-0.39, 0.29) is 0 Å². The predicted octanol–water partition coefficient (Wildman–Crippen LogP) is 2.97. The highest BCUT2D eigenvalue weighted by atomic mass is 16.3. The lowest BCUT2D eigenvalue weighted by Crippen LogP contribution is -2.38. The number of nitrogens with zero attached hydrogens (tertiary/aromatic N) is 4. The summed E-state index contributed by atoms with van der Waals surface area (Å²) in [7, 11) is 1.78. The summed E-state index contributed by atoms with van der Waals surface area (Å²) >= 11 is 0. The molecular formula is C21H28N6O. The molecule has 0 aliphatic carbocycles. The topological polar surface area (TPSA) is 80.3 Å². The van der Waals surface area contributed by atoms with Crippen LogP contribution >= 0.6 is 0 Å². The largest absolute Gasteiger partial charge is 0.459 e. The van der Waals surface area contributed by atoms with Crippen molar-refractivity contribution in [3.05, 3.63) is 47.2 Å². The number of benzene rings is 1. The molecule has 0 spiro atoms. The van der Waals surface area contributed by atoms with Crippen molar-refractivity contribution in [2.45, 2.75) is 52.1 Å². The molecule has 3 aromatic rings. The van der Waals surface area contributed by atoms with Gasteiger partial charge in [-0.15, -0.1) is 10.2 Å². The van der Waals surface area contributed by atoms with E-state index in [1.807, 2.05) is 18.2 Å². The Labute approximate surface area is 165 Å². The van der Waals surface area contributed by atoms with E-state index < -0.39 is 0 Å². The lowest BCUT2D eigenvalue weighted by molar-refractivity contribution is 0.534. The van der Waals surface area contributed by atoms with Crippen molar-refractivity contribution >= 4 is 16.9 Å². The van der Waals surface area contributed by atoms with Gasteiger partial charge in [0.25, 0.3) is 0 Å². The van der Waals surface area contributed by atoms with E-state index in [9.17, 15) is 0 Å². The predicted molar refractivity (Wildman–Crippen MR) is 110 cm³/mol. The first-order valence-electron chi connectivity index (χ1n) is 10.1. The molecule has 0 atom stereocenters. The smallest absolute Gasteiger partial charge is 0.191 e. The maximum absolute atomic E-state index is 5.96. The van der Waals surface area contributed by atoms with Crippen LogP contribution in [0, 0.1) is 6.92 Å². The summed E-state index contributed by atoms with van der Waals surface area (Å²) in [5.41, 5.74) is 2.09. The fourth-order valence-corrected chi connectivity index (χ4v) is 3.80. The zero-order valence-electron chi connectivity index (χ0n) is 16.7. The van der Waals surface area contributed by atoms with Gasteiger partial charge in [0, 0.05) is 43.9 Å². The standard InChI is InChI=1S/C21H28N6O/c1-15-16-8-5-6-9-17(16)28-18(15)14-24-21(22-2)23-12-11-20-26-25-19-10-4-3-7-13-27(19)20/h5-6,8-9H,3-4,7,10-14H2,1-2H3,(H2,22,23,24). The molecule has 7 heteroatoms. The van der Waals surface area contributed by atoms with Gasteiger partial charge in [-0.25, -0.2) is 0 Å². The van der Waals surface area contributed by atoms with Crippen molar-refractivity contribution in [1.82, 2.24) is 25.4 Å². The Morgan fingerprint density at radius 1 is 1.18 bits per heavy atom. The molecule has 4 rings (SSSR count). The van der Waals surface area contributed by atoms with E-state index in [1.54, 1.807) is 7.05 Å². The van der Waals surface area contributed by atoms with E-state index in [2.05, 4.69) is 43.4 Å². The van der Waals surface area contributed by atoms with Crippen LogP contribution in [0.15, 0.2) is 33.7 Å². The Kier molecular flexibility index (Phi) is 5.60. The first kappa shape index (κ1) is 18.5. The number of hydrogen-bond donors (Lipinski definition) is 2. The number of fused-ring (bicyclic) bond motifs is 2. The first-order chi connectivity index (χ1) is 13.8. The molecule has 2 aromatic heterocycles. The normalized spacial score (nSPS) is 14.7. The van der Waals surface area contributed by atoms with Gasteiger partial charge in [-0.3, -0.25) is 4.99 Å². The van der Waals surface area contributed by atoms with Crippen LogP contribution in [-0.2, 0) is 25.9 Å². The van der Waals surface area contributed by atoms with Gasteiger partial charge in [-0.2, -0.15) is 0 Å². The highest BCUT2D eigenvalue weighted by molar-refractivity contribution is 5.82. The second-order valence-electron chi connectivity index (χ2n) is 7.24. The number of aromatic nitrogens is 3. The summed E-state index contributed by atoms with van der Waals surface area (Å²) in [4.78, 5) is 4.32. The number of furan rings is 1. The Morgan fingerprint density at radius 2 is 2.07 bits per heavy atom. The third-order valence-corrected chi connectivity index (χ3v) is 5.41. The van der Waals surface area contributed by atoms with Crippen LogP contribution in [0.3, 0.4) is 0 Å². The molecule has 7 nitrogen and oxygen atoms in total. The van der Waals surface area contributed by atoms with Gasteiger partial charge in [-0.1, -0.05) is 24.6 Å². The number of aryl methyl sites for hydroxylation is 2. The second-order valence-corrected chi connectivity index (χ2v) is 7.24. The third kappa shape index (κ3) is 3.88. The molecule has 1 aromatic carbocycles. The molecule has 0 saturated carbocycles. The average molecular weight is 380 g/mol. The molecule has 0 fully saturated rings. The van der Waals surface area contributed by atoms with Gasteiger partial charge in [0.15, 0.2) is 5.96 Å². The summed E-state index contributed by atoms with van der Waals surface area (Å²) in [6.45, 7) is 4.49. The van der Waals surface area contributed by atoms with Crippen LogP contribution in [0.5, 0.6) is 0 Å². The van der Waals surface area contributed by atoms with Crippen molar-refractivity contribution in [2.75, 3.05) is 13.6 Å². The number of para-hydroxylation sites is 1. The molecule has 1 aliphatic rings. The van der Waals surface area contributed by atoms with Crippen molar-refractivity contribution in [2.24, 2.45) is 4.99 Å². The van der Waals surface area contributed by atoms with Crippen molar-refractivity contribution in [1.29, 1.82) is 0 Å². The van der Waals surface area contributed by atoms with Gasteiger partial charge < -0.3 is 19.6 Å². The molecule has 2 N–H and O–H groups in total. The fraction of sp³-hybridized carbons (Fsp3) is 0.476. The Bertz CT molecular complexity index is 971. The molecule has 0 bridgehead atoms. The summed E-state index contributed by atoms with van der Waals surface area (Å²) < 4.78 is 8.26. The SMILES string of the molecule is CN=C(NCCc1nnc2n1CCCCC2)NCc1oc2ccccc2c1C. The van der Waals surface area contributed by atoms with Crippen molar-refractivity contribution in [3.8, 4) is 0 Å². The highest BCUT2D eigenvalue weighted by Crippen LogP contribution is 2.24. The molecule has 0 unspecified atom stereocenters. The Hall–Kier alpha value is -2.83. The number of nitrogens with one attached hydrogen (secondary N) is 2. The summed E-state index contributed by atoms with van der Waals surface area (Å²) in [5.74, 6) is 3.89. The third-order valence-electron chi connectivity index (χ3n) is 5.41. The number of hydrogen-bond acceptors (Lipinski definition) is 4. The molecular weight excluding hydrogens is 352 g/mol. The van der Waals surface area contributed by atoms with Crippen LogP contribution in [0.25, 0.3) is 11.0 Å². The molecule has 0 saturated heterocycles. The minimum absolute atomic E-state index is 0.598. The van der Waals surface area contributed by atoms with Gasteiger partial charge in [0.05, 0.1) is 6.54 Å². The van der Waals surface area contributed by atoms with Gasteiger partial charge >= 0.3 is 0 Å². The van der Waals surface area contributed by atoms with Crippen molar-refractivity contribution < 1.29 is 4.42 Å². The maximum atomic E-state index is 5.96. The lowest BCUT2D eigenvalue weighted by Gasteiger charge is -2.12. The maximum Gasteiger partial charge on any atom is 0.191 e. The second kappa shape index (κ2) is 8.46. The van der Waals surface area contributed by atoms with Gasteiger partial charge in [0.1, 0.15) is 23.0 Å². The minimum Gasteiger partial charge on any atom is -0.459 e. The Balaban J connectivity index is 1.32. The van der Waals surface area contributed by atoms with Crippen LogP contribution in [0.4, 0.5) is 0 Å². The van der Waals surface area contributed by atoms with Crippen LogP contribution in [0.1, 0.15) is 42.2 Å². The average Bonchev–Trinajstić information content (AvgIpc) is 3.15. The van der Waals surface area contributed by atoms with E-state index >= 15 is 0 Å². The van der Waals surface area contributed by atoms with E-state index in [0.717, 1.165) is 60.3 Å². The van der Waals surface area contributed by atoms with Crippen LogP contribution < -0.4 is 10.6 Å². The van der Waals surface area contributed by atoms with E-state index in [0.29, 0.717) is 6.54 Å². The molecule has 148 valence electrons. The zero-order valence-corrected chi connectivity index (χ0v) is 16.7. The first-order valence-corrected chi connectivity index (χ1v) is 10.1. The number of rotatable bonds is 5.